The summed E-state index contributed by atoms with van der Waals surface area (Å²) >= 11 is 0. The van der Waals surface area contributed by atoms with Crippen molar-refractivity contribution in [1.29, 1.82) is 0 Å². The van der Waals surface area contributed by atoms with Crippen LogP contribution in [0, 0.1) is 20.8 Å². The third-order valence-corrected chi connectivity index (χ3v) is 4.04. The summed E-state index contributed by atoms with van der Waals surface area (Å²) in [5.74, 6) is 0.587. The summed E-state index contributed by atoms with van der Waals surface area (Å²) in [6.45, 7) is 7.23. The Kier molecular flexibility index (Phi) is 4.97. The van der Waals surface area contributed by atoms with E-state index in [1.807, 2.05) is 43.7 Å². The second-order valence-electron chi connectivity index (χ2n) is 6.07. The Morgan fingerprint density at radius 2 is 2.08 bits per heavy atom. The molecule has 0 aliphatic heterocycles. The van der Waals surface area contributed by atoms with E-state index in [1.54, 1.807) is 18.4 Å². The number of nitrogens with zero attached hydrogens (tertiary/aromatic N) is 3. The first-order chi connectivity index (χ1) is 12.0. The molecule has 1 N–H and O–H groups in total. The number of nitrogens with one attached hydrogen (secondary N) is 1. The second kappa shape index (κ2) is 7.34. The van der Waals surface area contributed by atoms with Gasteiger partial charge in [-0.25, -0.2) is 4.98 Å². The molecule has 0 spiro atoms. The molecule has 0 saturated carbocycles. The van der Waals surface area contributed by atoms with Gasteiger partial charge < -0.3 is 9.73 Å². The standard InChI is InChI=1S/C19H22N4O2/c1-13-12-14(2)23(22-13)10-5-9-20-19(24)16-7-8-17(21-15(16)3)18-6-4-11-25-18/h4,6-8,11-12H,5,9-10H2,1-3H3,(H,20,24). The summed E-state index contributed by atoms with van der Waals surface area (Å²) < 4.78 is 7.30. The first-order valence-electron chi connectivity index (χ1n) is 8.35. The highest BCUT2D eigenvalue weighted by Gasteiger charge is 2.12. The predicted molar refractivity (Wildman–Crippen MR) is 95.3 cm³/mol. The molecule has 3 aromatic rings. The normalized spacial score (nSPS) is 10.8. The van der Waals surface area contributed by atoms with Crippen molar-refractivity contribution >= 4 is 5.91 Å². The zero-order chi connectivity index (χ0) is 17.8. The summed E-state index contributed by atoms with van der Waals surface area (Å²) in [7, 11) is 0. The van der Waals surface area contributed by atoms with Gasteiger partial charge in [-0.3, -0.25) is 9.48 Å². The average molecular weight is 338 g/mol. The molecule has 0 aliphatic carbocycles. The fourth-order valence-electron chi connectivity index (χ4n) is 2.79. The Hall–Kier alpha value is -2.89. The maximum Gasteiger partial charge on any atom is 0.253 e. The van der Waals surface area contributed by atoms with Crippen LogP contribution in [0.4, 0.5) is 0 Å². The number of pyridine rings is 1. The van der Waals surface area contributed by atoms with E-state index in [2.05, 4.69) is 15.4 Å². The summed E-state index contributed by atoms with van der Waals surface area (Å²) in [5, 5.41) is 7.37. The van der Waals surface area contributed by atoms with Crippen LogP contribution in [0.2, 0.25) is 0 Å². The lowest BCUT2D eigenvalue weighted by molar-refractivity contribution is 0.0951. The molecule has 3 aromatic heterocycles. The maximum atomic E-state index is 12.3. The number of aromatic nitrogens is 3. The lowest BCUT2D eigenvalue weighted by atomic mass is 10.1. The number of rotatable bonds is 6. The van der Waals surface area contributed by atoms with E-state index in [4.69, 9.17) is 4.42 Å². The summed E-state index contributed by atoms with van der Waals surface area (Å²) in [6, 6.07) is 9.30. The van der Waals surface area contributed by atoms with Crippen molar-refractivity contribution in [1.82, 2.24) is 20.1 Å². The summed E-state index contributed by atoms with van der Waals surface area (Å²) in [4.78, 5) is 16.8. The molecule has 3 heterocycles. The monoisotopic (exact) mass is 338 g/mol. The minimum Gasteiger partial charge on any atom is -0.463 e. The van der Waals surface area contributed by atoms with Crippen LogP contribution >= 0.6 is 0 Å². The minimum absolute atomic E-state index is 0.107. The van der Waals surface area contributed by atoms with Gasteiger partial charge in [-0.15, -0.1) is 0 Å². The van der Waals surface area contributed by atoms with Crippen molar-refractivity contribution in [2.24, 2.45) is 0 Å². The van der Waals surface area contributed by atoms with E-state index < -0.39 is 0 Å². The van der Waals surface area contributed by atoms with Crippen LogP contribution in [0.3, 0.4) is 0 Å². The molecule has 3 rings (SSSR count). The van der Waals surface area contributed by atoms with Gasteiger partial charge in [0, 0.05) is 18.8 Å². The van der Waals surface area contributed by atoms with Crippen LogP contribution in [0.25, 0.3) is 11.5 Å². The van der Waals surface area contributed by atoms with Crippen molar-refractivity contribution in [2.45, 2.75) is 33.7 Å². The smallest absolute Gasteiger partial charge is 0.253 e. The Morgan fingerprint density at radius 1 is 1.24 bits per heavy atom. The zero-order valence-electron chi connectivity index (χ0n) is 14.7. The van der Waals surface area contributed by atoms with Crippen LogP contribution in [0.1, 0.15) is 33.9 Å². The molecule has 0 atom stereocenters. The van der Waals surface area contributed by atoms with Gasteiger partial charge in [0.05, 0.1) is 23.2 Å². The molecule has 0 saturated heterocycles. The van der Waals surface area contributed by atoms with Crippen LogP contribution in [0.5, 0.6) is 0 Å². The van der Waals surface area contributed by atoms with Gasteiger partial charge in [-0.05, 0) is 57.5 Å². The molecule has 0 bridgehead atoms. The lowest BCUT2D eigenvalue weighted by Crippen LogP contribution is -2.26. The SMILES string of the molecule is Cc1cc(C)n(CCCNC(=O)c2ccc(-c3ccco3)nc2C)n1. The maximum absolute atomic E-state index is 12.3. The molecular formula is C19H22N4O2. The van der Waals surface area contributed by atoms with Crippen LogP contribution in [-0.4, -0.2) is 27.2 Å². The highest BCUT2D eigenvalue weighted by Crippen LogP contribution is 2.19. The number of carbonyl (C=O) groups excluding carboxylic acids is 1. The fraction of sp³-hybridized carbons (Fsp3) is 0.316. The molecule has 6 heteroatoms. The van der Waals surface area contributed by atoms with Crippen LogP contribution in [0.15, 0.2) is 41.0 Å². The molecule has 0 radical (unpaired) electrons. The Morgan fingerprint density at radius 3 is 2.72 bits per heavy atom. The Balaban J connectivity index is 1.55. The van der Waals surface area contributed by atoms with Gasteiger partial charge in [0.2, 0.25) is 0 Å². The third-order valence-electron chi connectivity index (χ3n) is 4.04. The van der Waals surface area contributed by atoms with Crippen molar-refractivity contribution in [3.63, 3.8) is 0 Å². The number of amides is 1. The van der Waals surface area contributed by atoms with Crippen molar-refractivity contribution < 1.29 is 9.21 Å². The molecule has 0 aliphatic rings. The largest absolute Gasteiger partial charge is 0.463 e. The molecule has 25 heavy (non-hydrogen) atoms. The highest BCUT2D eigenvalue weighted by atomic mass is 16.3. The predicted octanol–water partition coefficient (Wildman–Crippen LogP) is 3.28. The van der Waals surface area contributed by atoms with E-state index in [0.717, 1.165) is 30.0 Å². The topological polar surface area (TPSA) is 73.0 Å². The summed E-state index contributed by atoms with van der Waals surface area (Å²) in [5.41, 5.74) is 4.15. The summed E-state index contributed by atoms with van der Waals surface area (Å²) in [6.07, 6.45) is 2.43. The molecular weight excluding hydrogens is 316 g/mol. The first kappa shape index (κ1) is 17.0. The van der Waals surface area contributed by atoms with Crippen LogP contribution in [-0.2, 0) is 6.54 Å². The van der Waals surface area contributed by atoms with Crippen molar-refractivity contribution in [2.75, 3.05) is 6.54 Å². The number of carbonyl (C=O) groups is 1. The van der Waals surface area contributed by atoms with Gasteiger partial charge in [0.1, 0.15) is 5.69 Å². The minimum atomic E-state index is -0.107. The number of furan rings is 1. The third kappa shape index (κ3) is 3.96. The van der Waals surface area contributed by atoms with Crippen LogP contribution < -0.4 is 5.32 Å². The molecule has 0 fully saturated rings. The van der Waals surface area contributed by atoms with E-state index in [-0.39, 0.29) is 5.91 Å². The van der Waals surface area contributed by atoms with Gasteiger partial charge >= 0.3 is 0 Å². The number of hydrogen-bond donors (Lipinski definition) is 1. The lowest BCUT2D eigenvalue weighted by Gasteiger charge is -2.09. The van der Waals surface area contributed by atoms with Gasteiger partial charge in [0.25, 0.3) is 5.91 Å². The zero-order valence-corrected chi connectivity index (χ0v) is 14.7. The molecule has 130 valence electrons. The molecule has 1 amide bonds. The second-order valence-corrected chi connectivity index (χ2v) is 6.07. The van der Waals surface area contributed by atoms with Crippen molar-refractivity contribution in [3.05, 3.63) is 59.2 Å². The van der Waals surface area contributed by atoms with Gasteiger partial charge in [-0.1, -0.05) is 0 Å². The molecule has 6 nitrogen and oxygen atoms in total. The van der Waals surface area contributed by atoms with Gasteiger partial charge in [0.15, 0.2) is 5.76 Å². The highest BCUT2D eigenvalue weighted by molar-refractivity contribution is 5.95. The first-order valence-corrected chi connectivity index (χ1v) is 8.35. The van der Waals surface area contributed by atoms with Gasteiger partial charge in [-0.2, -0.15) is 5.10 Å². The quantitative estimate of drug-likeness (QED) is 0.700. The molecule has 0 aromatic carbocycles. The van der Waals surface area contributed by atoms with E-state index >= 15 is 0 Å². The molecule has 0 unspecified atom stereocenters. The Bertz CT molecular complexity index is 866. The van der Waals surface area contributed by atoms with E-state index in [0.29, 0.717) is 23.6 Å². The number of aryl methyl sites for hydroxylation is 4. The average Bonchev–Trinajstić information content (AvgIpc) is 3.21. The Labute approximate surface area is 146 Å². The van der Waals surface area contributed by atoms with E-state index in [9.17, 15) is 4.79 Å². The number of hydrogen-bond acceptors (Lipinski definition) is 4. The fourth-order valence-corrected chi connectivity index (χ4v) is 2.79. The van der Waals surface area contributed by atoms with Crippen molar-refractivity contribution in [3.8, 4) is 11.5 Å². The van der Waals surface area contributed by atoms with E-state index in [1.165, 1.54) is 0 Å².